The van der Waals surface area contributed by atoms with Gasteiger partial charge in [-0.25, -0.2) is 0 Å². The van der Waals surface area contributed by atoms with E-state index in [-0.39, 0.29) is 25.4 Å². The first-order valence-electron chi connectivity index (χ1n) is 11.7. The van der Waals surface area contributed by atoms with Crippen molar-refractivity contribution in [2.24, 2.45) is 0 Å². The molecule has 0 saturated heterocycles. The highest BCUT2D eigenvalue weighted by atomic mass is 35.5. The van der Waals surface area contributed by atoms with Crippen LogP contribution in [0, 0.1) is 0 Å². The summed E-state index contributed by atoms with van der Waals surface area (Å²) in [6.07, 6.45) is 15.4. The molecule has 170 valence electrons. The SMILES string of the molecule is CCCCCCCCCCCCCCOC(=O)CCC(=O)OCc1cccc(Cl)c1. The molecule has 1 rings (SSSR count). The van der Waals surface area contributed by atoms with Gasteiger partial charge in [-0.1, -0.05) is 101 Å². The second-order valence-corrected chi connectivity index (χ2v) is 8.34. The van der Waals surface area contributed by atoms with E-state index in [1.165, 1.54) is 64.2 Å². The van der Waals surface area contributed by atoms with Crippen molar-refractivity contribution in [3.8, 4) is 0 Å². The zero-order valence-electron chi connectivity index (χ0n) is 18.6. The minimum absolute atomic E-state index is 0.0395. The number of benzene rings is 1. The molecule has 30 heavy (non-hydrogen) atoms. The van der Waals surface area contributed by atoms with E-state index >= 15 is 0 Å². The number of carbonyl (C=O) groups excluding carboxylic acids is 2. The minimum atomic E-state index is -0.405. The molecule has 0 amide bonds. The fourth-order valence-electron chi connectivity index (χ4n) is 3.27. The molecule has 0 saturated carbocycles. The largest absolute Gasteiger partial charge is 0.466 e. The van der Waals surface area contributed by atoms with Crippen molar-refractivity contribution in [3.05, 3.63) is 34.9 Å². The van der Waals surface area contributed by atoms with E-state index in [1.807, 2.05) is 6.07 Å². The highest BCUT2D eigenvalue weighted by Crippen LogP contribution is 2.13. The molecule has 0 atom stereocenters. The number of rotatable bonds is 18. The molecule has 0 unspecified atom stereocenters. The van der Waals surface area contributed by atoms with E-state index in [0.29, 0.717) is 11.6 Å². The Bertz CT molecular complexity index is 588. The minimum Gasteiger partial charge on any atom is -0.466 e. The molecule has 1 aromatic rings. The number of unbranched alkanes of at least 4 members (excludes halogenated alkanes) is 11. The van der Waals surface area contributed by atoms with Crippen molar-refractivity contribution >= 4 is 23.5 Å². The standard InChI is InChI=1S/C25H39ClO4/c1-2-3-4-5-6-7-8-9-10-11-12-13-19-29-24(27)17-18-25(28)30-21-22-15-14-16-23(26)20-22/h14-16,20H,2-13,17-19,21H2,1H3. The Kier molecular flexibility index (Phi) is 16.1. The second-order valence-electron chi connectivity index (χ2n) is 7.90. The molecule has 0 fully saturated rings. The van der Waals surface area contributed by atoms with Crippen molar-refractivity contribution in [2.45, 2.75) is 103 Å². The zero-order chi connectivity index (χ0) is 21.9. The van der Waals surface area contributed by atoms with Gasteiger partial charge in [0.25, 0.3) is 0 Å². The predicted octanol–water partition coefficient (Wildman–Crippen LogP) is 7.41. The molecule has 0 bridgehead atoms. The van der Waals surface area contributed by atoms with E-state index in [1.54, 1.807) is 18.2 Å². The lowest BCUT2D eigenvalue weighted by atomic mass is 10.1. The Morgan fingerprint density at radius 1 is 0.767 bits per heavy atom. The van der Waals surface area contributed by atoms with E-state index in [2.05, 4.69) is 6.92 Å². The molecule has 0 aliphatic rings. The lowest BCUT2D eigenvalue weighted by molar-refractivity contribution is -0.151. The van der Waals surface area contributed by atoms with Crippen LogP contribution in [0.15, 0.2) is 24.3 Å². The van der Waals surface area contributed by atoms with Crippen LogP contribution in [-0.4, -0.2) is 18.5 Å². The molecule has 0 N–H and O–H groups in total. The van der Waals surface area contributed by atoms with Crippen LogP contribution in [0.2, 0.25) is 5.02 Å². The third kappa shape index (κ3) is 15.3. The summed E-state index contributed by atoms with van der Waals surface area (Å²) in [5.74, 6) is -0.741. The van der Waals surface area contributed by atoms with Crippen molar-refractivity contribution in [1.82, 2.24) is 0 Å². The first-order valence-corrected chi connectivity index (χ1v) is 12.0. The average Bonchev–Trinajstić information content (AvgIpc) is 2.74. The Morgan fingerprint density at radius 2 is 1.30 bits per heavy atom. The van der Waals surface area contributed by atoms with Gasteiger partial charge >= 0.3 is 11.9 Å². The van der Waals surface area contributed by atoms with Crippen LogP contribution in [0.5, 0.6) is 0 Å². The highest BCUT2D eigenvalue weighted by molar-refractivity contribution is 6.30. The van der Waals surface area contributed by atoms with E-state index in [9.17, 15) is 9.59 Å². The quantitative estimate of drug-likeness (QED) is 0.177. The summed E-state index contributed by atoms with van der Waals surface area (Å²) in [6, 6.07) is 7.15. The molecular weight excluding hydrogens is 400 g/mol. The van der Waals surface area contributed by atoms with Crippen molar-refractivity contribution in [2.75, 3.05) is 6.61 Å². The van der Waals surface area contributed by atoms with Gasteiger partial charge < -0.3 is 9.47 Å². The predicted molar refractivity (Wildman–Crippen MR) is 123 cm³/mol. The molecule has 0 aromatic heterocycles. The van der Waals surface area contributed by atoms with Crippen molar-refractivity contribution in [3.63, 3.8) is 0 Å². The summed E-state index contributed by atoms with van der Waals surface area (Å²) in [6.45, 7) is 2.85. The summed E-state index contributed by atoms with van der Waals surface area (Å²) in [5.41, 5.74) is 0.824. The fourth-order valence-corrected chi connectivity index (χ4v) is 3.48. The van der Waals surface area contributed by atoms with Crippen LogP contribution < -0.4 is 0 Å². The first kappa shape index (κ1) is 26.5. The lowest BCUT2D eigenvalue weighted by Crippen LogP contribution is -2.11. The lowest BCUT2D eigenvalue weighted by Gasteiger charge is -2.06. The molecule has 5 heteroatoms. The van der Waals surface area contributed by atoms with Gasteiger partial charge in [0, 0.05) is 5.02 Å². The van der Waals surface area contributed by atoms with Crippen LogP contribution in [0.3, 0.4) is 0 Å². The smallest absolute Gasteiger partial charge is 0.306 e. The van der Waals surface area contributed by atoms with E-state index in [4.69, 9.17) is 21.1 Å². The first-order chi connectivity index (χ1) is 14.6. The maximum atomic E-state index is 11.7. The van der Waals surface area contributed by atoms with Gasteiger partial charge in [0.2, 0.25) is 0 Å². The normalized spacial score (nSPS) is 10.7. The van der Waals surface area contributed by atoms with Crippen LogP contribution in [0.25, 0.3) is 0 Å². The van der Waals surface area contributed by atoms with Crippen LogP contribution in [0.1, 0.15) is 102 Å². The summed E-state index contributed by atoms with van der Waals surface area (Å²) in [5, 5.41) is 0.602. The Balaban J connectivity index is 1.88. The van der Waals surface area contributed by atoms with Crippen LogP contribution >= 0.6 is 11.6 Å². The molecule has 0 aliphatic heterocycles. The summed E-state index contributed by atoms with van der Waals surface area (Å²) >= 11 is 5.89. The number of carbonyl (C=O) groups is 2. The number of hydrogen-bond acceptors (Lipinski definition) is 4. The van der Waals surface area contributed by atoms with Gasteiger partial charge in [-0.15, -0.1) is 0 Å². The molecule has 0 aliphatic carbocycles. The van der Waals surface area contributed by atoms with Crippen LogP contribution in [0.4, 0.5) is 0 Å². The molecule has 4 nitrogen and oxygen atoms in total. The maximum Gasteiger partial charge on any atom is 0.306 e. The Morgan fingerprint density at radius 3 is 1.87 bits per heavy atom. The molecular formula is C25H39ClO4. The van der Waals surface area contributed by atoms with E-state index in [0.717, 1.165) is 18.4 Å². The Labute approximate surface area is 187 Å². The summed E-state index contributed by atoms with van der Waals surface area (Å²) < 4.78 is 10.3. The third-order valence-electron chi connectivity index (χ3n) is 5.08. The highest BCUT2D eigenvalue weighted by Gasteiger charge is 2.09. The maximum absolute atomic E-state index is 11.7. The molecule has 1 aromatic carbocycles. The molecule has 0 heterocycles. The van der Waals surface area contributed by atoms with Gasteiger partial charge in [-0.05, 0) is 24.1 Å². The van der Waals surface area contributed by atoms with Crippen LogP contribution in [-0.2, 0) is 25.7 Å². The Hall–Kier alpha value is -1.55. The van der Waals surface area contributed by atoms with Gasteiger partial charge in [0.1, 0.15) is 6.61 Å². The zero-order valence-corrected chi connectivity index (χ0v) is 19.4. The number of halogens is 1. The molecule has 0 spiro atoms. The van der Waals surface area contributed by atoms with Crippen molar-refractivity contribution < 1.29 is 19.1 Å². The number of hydrogen-bond donors (Lipinski definition) is 0. The van der Waals surface area contributed by atoms with Crippen molar-refractivity contribution in [1.29, 1.82) is 0 Å². The average molecular weight is 439 g/mol. The van der Waals surface area contributed by atoms with Gasteiger partial charge in [0.05, 0.1) is 19.4 Å². The second kappa shape index (κ2) is 18.2. The van der Waals surface area contributed by atoms with E-state index < -0.39 is 5.97 Å². The van der Waals surface area contributed by atoms with Gasteiger partial charge in [0.15, 0.2) is 0 Å². The fraction of sp³-hybridized carbons (Fsp3) is 0.680. The molecule has 0 radical (unpaired) electrons. The number of ether oxygens (including phenoxy) is 2. The topological polar surface area (TPSA) is 52.6 Å². The summed E-state index contributed by atoms with van der Waals surface area (Å²) in [7, 11) is 0. The number of esters is 2. The van der Waals surface area contributed by atoms with Gasteiger partial charge in [-0.3, -0.25) is 9.59 Å². The third-order valence-corrected chi connectivity index (χ3v) is 5.32. The monoisotopic (exact) mass is 438 g/mol. The van der Waals surface area contributed by atoms with Gasteiger partial charge in [-0.2, -0.15) is 0 Å². The summed E-state index contributed by atoms with van der Waals surface area (Å²) in [4.78, 5) is 23.5.